The Labute approximate surface area is 114 Å². The van der Waals surface area contributed by atoms with E-state index in [0.29, 0.717) is 28.8 Å². The minimum atomic E-state index is -0.670. The van der Waals surface area contributed by atoms with Gasteiger partial charge in [0.1, 0.15) is 11.3 Å². The van der Waals surface area contributed by atoms with Crippen molar-refractivity contribution in [3.63, 3.8) is 0 Å². The van der Waals surface area contributed by atoms with Gasteiger partial charge in [-0.3, -0.25) is 4.79 Å². The van der Waals surface area contributed by atoms with Crippen molar-refractivity contribution in [2.24, 2.45) is 0 Å². The van der Waals surface area contributed by atoms with Gasteiger partial charge in [-0.05, 0) is 24.3 Å². The summed E-state index contributed by atoms with van der Waals surface area (Å²) in [4.78, 5) is 22.4. The quantitative estimate of drug-likeness (QED) is 0.538. The molecular formula is C16H10O4. The molecule has 0 bridgehead atoms. The van der Waals surface area contributed by atoms with Crippen LogP contribution in [0.1, 0.15) is 10.4 Å². The molecule has 4 heteroatoms. The zero-order chi connectivity index (χ0) is 13.9. The summed E-state index contributed by atoms with van der Waals surface area (Å²) in [5.41, 5.74) is -0.349. The topological polar surface area (TPSA) is 56.5 Å². The maximum absolute atomic E-state index is 11.6. The minimum Gasteiger partial charge on any atom is -0.453 e. The van der Waals surface area contributed by atoms with Gasteiger partial charge in [-0.2, -0.15) is 0 Å². The normalized spacial score (nSPS) is 10.4. The maximum atomic E-state index is 11.6. The monoisotopic (exact) mass is 266 g/mol. The molecule has 1 heterocycles. The molecule has 0 spiro atoms. The van der Waals surface area contributed by atoms with Crippen molar-refractivity contribution in [1.29, 1.82) is 0 Å². The smallest absolute Gasteiger partial charge is 0.347 e. The molecule has 0 saturated carbocycles. The third kappa shape index (κ3) is 2.19. The van der Waals surface area contributed by atoms with Crippen LogP contribution in [0.5, 0.6) is 11.5 Å². The summed E-state index contributed by atoms with van der Waals surface area (Å²) >= 11 is 0. The number of rotatable bonds is 3. The average Bonchev–Trinajstić information content (AvgIpc) is 2.48. The van der Waals surface area contributed by atoms with Crippen LogP contribution in [0.3, 0.4) is 0 Å². The summed E-state index contributed by atoms with van der Waals surface area (Å²) in [5, 5.41) is 0.639. The van der Waals surface area contributed by atoms with E-state index in [1.54, 1.807) is 30.3 Å². The van der Waals surface area contributed by atoms with Gasteiger partial charge < -0.3 is 9.15 Å². The molecule has 0 aliphatic carbocycles. The highest BCUT2D eigenvalue weighted by molar-refractivity contribution is 5.87. The molecule has 0 radical (unpaired) electrons. The molecule has 0 atom stereocenters. The van der Waals surface area contributed by atoms with E-state index in [-0.39, 0.29) is 5.56 Å². The van der Waals surface area contributed by atoms with Gasteiger partial charge in [0.2, 0.25) is 0 Å². The summed E-state index contributed by atoms with van der Waals surface area (Å²) < 4.78 is 10.9. The number of ether oxygens (including phenoxy) is 1. The molecule has 4 nitrogen and oxygen atoms in total. The second-order valence-corrected chi connectivity index (χ2v) is 4.20. The Kier molecular flexibility index (Phi) is 3.05. The standard InChI is InChI=1S/C16H10O4/c17-10-12-9-11-5-4-8-14(15(11)20-16(12)18)19-13-6-2-1-3-7-13/h1-10H. The second kappa shape index (κ2) is 5.01. The highest BCUT2D eigenvalue weighted by Gasteiger charge is 2.09. The summed E-state index contributed by atoms with van der Waals surface area (Å²) in [6, 6.07) is 15.9. The fourth-order valence-electron chi connectivity index (χ4n) is 1.91. The van der Waals surface area contributed by atoms with Crippen LogP contribution >= 0.6 is 0 Å². The number of para-hydroxylation sites is 2. The van der Waals surface area contributed by atoms with E-state index in [2.05, 4.69) is 0 Å². The zero-order valence-corrected chi connectivity index (χ0v) is 10.4. The van der Waals surface area contributed by atoms with Gasteiger partial charge in [0.25, 0.3) is 0 Å². The number of benzene rings is 2. The Morgan fingerprint density at radius 3 is 2.55 bits per heavy atom. The van der Waals surface area contributed by atoms with Gasteiger partial charge in [0.05, 0.1) is 0 Å². The average molecular weight is 266 g/mol. The number of hydrogen-bond donors (Lipinski definition) is 0. The van der Waals surface area contributed by atoms with Crippen LogP contribution in [-0.4, -0.2) is 6.29 Å². The Morgan fingerprint density at radius 2 is 1.80 bits per heavy atom. The van der Waals surface area contributed by atoms with Crippen molar-refractivity contribution in [3.8, 4) is 11.5 Å². The van der Waals surface area contributed by atoms with Crippen LogP contribution in [0.15, 0.2) is 63.8 Å². The molecule has 0 amide bonds. The first-order valence-corrected chi connectivity index (χ1v) is 6.03. The number of aldehydes is 1. The largest absolute Gasteiger partial charge is 0.453 e. The molecule has 1 aromatic heterocycles. The summed E-state index contributed by atoms with van der Waals surface area (Å²) in [6.45, 7) is 0. The number of fused-ring (bicyclic) bond motifs is 1. The molecule has 98 valence electrons. The lowest BCUT2D eigenvalue weighted by atomic mass is 10.2. The van der Waals surface area contributed by atoms with Crippen LogP contribution in [0.2, 0.25) is 0 Å². The molecule has 0 aliphatic heterocycles. The van der Waals surface area contributed by atoms with E-state index in [1.165, 1.54) is 6.07 Å². The van der Waals surface area contributed by atoms with Crippen molar-refractivity contribution in [1.82, 2.24) is 0 Å². The molecule has 0 N–H and O–H groups in total. The van der Waals surface area contributed by atoms with Crippen molar-refractivity contribution < 1.29 is 13.9 Å². The SMILES string of the molecule is O=Cc1cc2cccc(Oc3ccccc3)c2oc1=O. The molecule has 3 aromatic rings. The van der Waals surface area contributed by atoms with Gasteiger partial charge in [-0.25, -0.2) is 4.79 Å². The predicted octanol–water partition coefficient (Wildman–Crippen LogP) is 3.40. The van der Waals surface area contributed by atoms with Crippen molar-refractivity contribution >= 4 is 17.3 Å². The van der Waals surface area contributed by atoms with Crippen LogP contribution in [0.4, 0.5) is 0 Å². The third-order valence-corrected chi connectivity index (χ3v) is 2.85. The second-order valence-electron chi connectivity index (χ2n) is 4.20. The zero-order valence-electron chi connectivity index (χ0n) is 10.4. The van der Waals surface area contributed by atoms with E-state index in [1.807, 2.05) is 18.2 Å². The molecular weight excluding hydrogens is 256 g/mol. The lowest BCUT2D eigenvalue weighted by Gasteiger charge is -2.07. The number of carbonyl (C=O) groups is 1. The van der Waals surface area contributed by atoms with E-state index in [9.17, 15) is 9.59 Å². The molecule has 2 aromatic carbocycles. The first-order chi connectivity index (χ1) is 9.78. The Morgan fingerprint density at radius 1 is 1.00 bits per heavy atom. The number of hydrogen-bond acceptors (Lipinski definition) is 4. The molecule has 0 fully saturated rings. The first kappa shape index (κ1) is 12.2. The van der Waals surface area contributed by atoms with Gasteiger partial charge >= 0.3 is 5.63 Å². The minimum absolute atomic E-state index is 0.00522. The fourth-order valence-corrected chi connectivity index (χ4v) is 1.91. The van der Waals surface area contributed by atoms with Crippen LogP contribution in [-0.2, 0) is 0 Å². The van der Waals surface area contributed by atoms with Crippen molar-refractivity contribution in [3.05, 3.63) is 70.6 Å². The molecule has 3 rings (SSSR count). The Hall–Kier alpha value is -2.88. The summed E-state index contributed by atoms with van der Waals surface area (Å²) in [5.74, 6) is 1.07. The molecule has 20 heavy (non-hydrogen) atoms. The van der Waals surface area contributed by atoms with E-state index < -0.39 is 5.63 Å². The van der Waals surface area contributed by atoms with Crippen LogP contribution in [0.25, 0.3) is 11.0 Å². The molecule has 0 saturated heterocycles. The van der Waals surface area contributed by atoms with Crippen LogP contribution in [0, 0.1) is 0 Å². The fraction of sp³-hybridized carbons (Fsp3) is 0. The lowest BCUT2D eigenvalue weighted by Crippen LogP contribution is -2.05. The highest BCUT2D eigenvalue weighted by Crippen LogP contribution is 2.29. The van der Waals surface area contributed by atoms with Gasteiger partial charge in [0, 0.05) is 5.39 Å². The first-order valence-electron chi connectivity index (χ1n) is 6.03. The maximum Gasteiger partial charge on any atom is 0.347 e. The van der Waals surface area contributed by atoms with E-state index >= 15 is 0 Å². The third-order valence-electron chi connectivity index (χ3n) is 2.85. The van der Waals surface area contributed by atoms with Gasteiger partial charge in [0.15, 0.2) is 17.6 Å². The van der Waals surface area contributed by atoms with Crippen molar-refractivity contribution in [2.75, 3.05) is 0 Å². The van der Waals surface area contributed by atoms with E-state index in [4.69, 9.17) is 9.15 Å². The van der Waals surface area contributed by atoms with Crippen molar-refractivity contribution in [2.45, 2.75) is 0 Å². The van der Waals surface area contributed by atoms with Gasteiger partial charge in [-0.15, -0.1) is 0 Å². The van der Waals surface area contributed by atoms with E-state index in [0.717, 1.165) is 0 Å². The Balaban J connectivity index is 2.14. The molecule has 0 aliphatic rings. The Bertz CT molecular complexity index is 819. The summed E-state index contributed by atoms with van der Waals surface area (Å²) in [6.07, 6.45) is 0.482. The van der Waals surface area contributed by atoms with Crippen LogP contribution < -0.4 is 10.4 Å². The number of carbonyl (C=O) groups excluding carboxylic acids is 1. The van der Waals surface area contributed by atoms with Gasteiger partial charge in [-0.1, -0.05) is 30.3 Å². The lowest BCUT2D eigenvalue weighted by molar-refractivity contribution is 0.112. The highest BCUT2D eigenvalue weighted by atomic mass is 16.5. The molecule has 0 unspecified atom stereocenters. The summed E-state index contributed by atoms with van der Waals surface area (Å²) in [7, 11) is 0. The predicted molar refractivity (Wildman–Crippen MR) is 74.4 cm³/mol.